The molecule has 2 saturated heterocycles. The van der Waals surface area contributed by atoms with Gasteiger partial charge in [-0.3, -0.25) is 4.79 Å². The molecule has 2 aliphatic rings. The zero-order valence-corrected chi connectivity index (χ0v) is 15.4. The number of ether oxygens (including phenoxy) is 1. The van der Waals surface area contributed by atoms with Gasteiger partial charge in [0, 0.05) is 19.6 Å². The van der Waals surface area contributed by atoms with Gasteiger partial charge in [0.25, 0.3) is 5.91 Å². The summed E-state index contributed by atoms with van der Waals surface area (Å²) < 4.78 is 60.8. The lowest BCUT2D eigenvalue weighted by Crippen LogP contribution is -2.56. The maximum atomic E-state index is 15.4. The molecule has 6 nitrogen and oxygen atoms in total. The van der Waals surface area contributed by atoms with Crippen LogP contribution < -0.4 is 4.74 Å². The number of methoxy groups -OCH3 is 1. The van der Waals surface area contributed by atoms with Crippen molar-refractivity contribution in [1.82, 2.24) is 9.21 Å². The molecule has 0 N–H and O–H groups in total. The van der Waals surface area contributed by atoms with Crippen LogP contribution >= 0.6 is 0 Å². The number of benzene rings is 1. The second-order valence-electron chi connectivity index (χ2n) is 6.70. The largest absolute Gasteiger partial charge is 0.495 e. The van der Waals surface area contributed by atoms with Crippen LogP contribution in [-0.4, -0.2) is 62.5 Å². The first kappa shape index (κ1) is 19.0. The second-order valence-corrected chi connectivity index (χ2v) is 8.61. The first-order chi connectivity index (χ1) is 12.3. The van der Waals surface area contributed by atoms with Crippen molar-refractivity contribution in [1.29, 1.82) is 0 Å². The molecule has 0 bridgehead atoms. The molecule has 26 heavy (non-hydrogen) atoms. The van der Waals surface area contributed by atoms with Crippen molar-refractivity contribution in [2.45, 2.75) is 36.2 Å². The summed E-state index contributed by atoms with van der Waals surface area (Å²) in [6.45, 7) is 0.495. The zero-order chi connectivity index (χ0) is 18.9. The summed E-state index contributed by atoms with van der Waals surface area (Å²) >= 11 is 0. The molecule has 0 saturated carbocycles. The van der Waals surface area contributed by atoms with Gasteiger partial charge in [0.15, 0.2) is 0 Å². The highest BCUT2D eigenvalue weighted by Crippen LogP contribution is 2.34. The standard InChI is InChI=1S/C17H22F2N2O4S/c1-25-14-6-5-13(18)11-15(14)26(23,24)21-10-4-7-17(19,12-21)16(22)20-8-2-3-9-20/h5-6,11H,2-4,7-10,12H2,1H3. The van der Waals surface area contributed by atoms with Gasteiger partial charge < -0.3 is 9.64 Å². The number of carbonyl (C=O) groups excluding carboxylic acids is 1. The van der Waals surface area contributed by atoms with Crippen LogP contribution in [0.2, 0.25) is 0 Å². The summed E-state index contributed by atoms with van der Waals surface area (Å²) in [7, 11) is -2.92. The lowest BCUT2D eigenvalue weighted by Gasteiger charge is -2.37. The highest BCUT2D eigenvalue weighted by atomic mass is 32.2. The van der Waals surface area contributed by atoms with E-state index in [1.807, 2.05) is 0 Å². The van der Waals surface area contributed by atoms with E-state index in [0.29, 0.717) is 13.1 Å². The van der Waals surface area contributed by atoms with Crippen LogP contribution in [0.3, 0.4) is 0 Å². The minimum absolute atomic E-state index is 0.0192. The number of piperidine rings is 1. The normalized spacial score (nSPS) is 24.7. The number of rotatable bonds is 4. The minimum atomic E-state index is -4.20. The molecule has 0 aliphatic carbocycles. The summed E-state index contributed by atoms with van der Waals surface area (Å²) in [6.07, 6.45) is 1.84. The van der Waals surface area contributed by atoms with Gasteiger partial charge in [0.1, 0.15) is 16.5 Å². The first-order valence-corrected chi connectivity index (χ1v) is 10.0. The van der Waals surface area contributed by atoms with Gasteiger partial charge in [-0.05, 0) is 43.9 Å². The van der Waals surface area contributed by atoms with Gasteiger partial charge in [-0.25, -0.2) is 17.2 Å². The lowest BCUT2D eigenvalue weighted by atomic mass is 9.94. The highest BCUT2D eigenvalue weighted by Gasteiger charge is 2.48. The number of halogens is 2. The van der Waals surface area contributed by atoms with E-state index in [1.54, 1.807) is 0 Å². The molecule has 144 valence electrons. The number of hydrogen-bond acceptors (Lipinski definition) is 4. The monoisotopic (exact) mass is 388 g/mol. The Morgan fingerprint density at radius 2 is 1.88 bits per heavy atom. The Kier molecular flexibility index (Phi) is 5.21. The van der Waals surface area contributed by atoms with Crippen molar-refractivity contribution in [2.75, 3.05) is 33.3 Å². The van der Waals surface area contributed by atoms with Crippen LogP contribution in [0.5, 0.6) is 5.75 Å². The SMILES string of the molecule is COc1ccc(F)cc1S(=O)(=O)N1CCCC(F)(C(=O)N2CCCC2)C1. The van der Waals surface area contributed by atoms with Crippen LogP contribution in [0.25, 0.3) is 0 Å². The predicted octanol–water partition coefficient (Wildman–Crippen LogP) is 1.95. The maximum Gasteiger partial charge on any atom is 0.261 e. The number of nitrogens with zero attached hydrogens (tertiary/aromatic N) is 2. The first-order valence-electron chi connectivity index (χ1n) is 8.60. The average Bonchev–Trinajstić information content (AvgIpc) is 3.15. The Morgan fingerprint density at radius 1 is 1.19 bits per heavy atom. The summed E-state index contributed by atoms with van der Waals surface area (Å²) in [4.78, 5) is 13.6. The molecule has 1 aromatic rings. The summed E-state index contributed by atoms with van der Waals surface area (Å²) in [5.74, 6) is -1.41. The number of hydrogen-bond donors (Lipinski definition) is 0. The molecule has 2 fully saturated rings. The molecule has 2 aliphatic heterocycles. The van der Waals surface area contributed by atoms with Crippen LogP contribution in [0.4, 0.5) is 8.78 Å². The number of amides is 1. The van der Waals surface area contributed by atoms with Crippen molar-refractivity contribution in [2.24, 2.45) is 0 Å². The highest BCUT2D eigenvalue weighted by molar-refractivity contribution is 7.89. The van der Waals surface area contributed by atoms with E-state index in [4.69, 9.17) is 4.74 Å². The predicted molar refractivity (Wildman–Crippen MR) is 90.6 cm³/mol. The Morgan fingerprint density at radius 3 is 2.54 bits per heavy atom. The van der Waals surface area contributed by atoms with Crippen LogP contribution in [0.15, 0.2) is 23.1 Å². The van der Waals surface area contributed by atoms with E-state index in [-0.39, 0.29) is 30.0 Å². The van der Waals surface area contributed by atoms with Crippen LogP contribution in [-0.2, 0) is 14.8 Å². The smallest absolute Gasteiger partial charge is 0.261 e. The van der Waals surface area contributed by atoms with E-state index in [9.17, 15) is 17.6 Å². The van der Waals surface area contributed by atoms with Crippen molar-refractivity contribution in [3.05, 3.63) is 24.0 Å². The van der Waals surface area contributed by atoms with E-state index in [2.05, 4.69) is 0 Å². The van der Waals surface area contributed by atoms with Crippen molar-refractivity contribution in [3.8, 4) is 5.75 Å². The number of carbonyl (C=O) groups is 1. The topological polar surface area (TPSA) is 66.9 Å². The van der Waals surface area contributed by atoms with E-state index in [0.717, 1.165) is 29.3 Å². The number of likely N-dealkylation sites (tertiary alicyclic amines) is 1. The molecule has 1 unspecified atom stereocenters. The Balaban J connectivity index is 1.89. The Bertz CT molecular complexity index is 796. The van der Waals surface area contributed by atoms with Gasteiger partial charge >= 0.3 is 0 Å². The van der Waals surface area contributed by atoms with Crippen LogP contribution in [0.1, 0.15) is 25.7 Å². The third kappa shape index (κ3) is 3.42. The molecule has 3 rings (SSSR count). The van der Waals surface area contributed by atoms with Gasteiger partial charge in [0.05, 0.1) is 13.7 Å². The third-order valence-corrected chi connectivity index (χ3v) is 6.79. The molecular weight excluding hydrogens is 366 g/mol. The Hall–Kier alpha value is -1.74. The number of sulfonamides is 1. The molecular formula is C17H22F2N2O4S. The van der Waals surface area contributed by atoms with E-state index in [1.165, 1.54) is 18.1 Å². The lowest BCUT2D eigenvalue weighted by molar-refractivity contribution is -0.145. The average molecular weight is 388 g/mol. The fourth-order valence-corrected chi connectivity index (χ4v) is 5.24. The van der Waals surface area contributed by atoms with Gasteiger partial charge in [-0.1, -0.05) is 0 Å². The van der Waals surface area contributed by atoms with Crippen molar-refractivity contribution < 1.29 is 26.7 Å². The summed E-state index contributed by atoms with van der Waals surface area (Å²) in [6, 6.07) is 3.15. The van der Waals surface area contributed by atoms with Crippen LogP contribution in [0, 0.1) is 5.82 Å². The Labute approximate surface area is 151 Å². The fourth-order valence-electron chi connectivity index (χ4n) is 3.55. The summed E-state index contributed by atoms with van der Waals surface area (Å²) in [5, 5.41) is 0. The molecule has 9 heteroatoms. The van der Waals surface area contributed by atoms with Crippen molar-refractivity contribution >= 4 is 15.9 Å². The third-order valence-electron chi connectivity index (χ3n) is 4.93. The molecule has 0 aromatic heterocycles. The zero-order valence-electron chi connectivity index (χ0n) is 14.6. The molecule has 2 heterocycles. The quantitative estimate of drug-likeness (QED) is 0.791. The van der Waals surface area contributed by atoms with Gasteiger partial charge in [0.2, 0.25) is 15.7 Å². The molecule has 1 amide bonds. The number of alkyl halides is 1. The molecule has 0 spiro atoms. The molecule has 1 aromatic carbocycles. The summed E-state index contributed by atoms with van der Waals surface area (Å²) in [5.41, 5.74) is -2.25. The second kappa shape index (κ2) is 7.11. The van der Waals surface area contributed by atoms with Gasteiger partial charge in [-0.2, -0.15) is 4.31 Å². The molecule has 1 atom stereocenters. The fraction of sp³-hybridized carbons (Fsp3) is 0.588. The minimum Gasteiger partial charge on any atom is -0.495 e. The van der Waals surface area contributed by atoms with E-state index >= 15 is 4.39 Å². The molecule has 0 radical (unpaired) electrons. The van der Waals surface area contributed by atoms with Gasteiger partial charge in [-0.15, -0.1) is 0 Å². The maximum absolute atomic E-state index is 15.4. The van der Waals surface area contributed by atoms with E-state index < -0.39 is 34.0 Å². The van der Waals surface area contributed by atoms with Crippen molar-refractivity contribution in [3.63, 3.8) is 0 Å².